The molecule has 0 radical (unpaired) electrons. The number of carbonyl (C=O) groups is 3. The minimum atomic E-state index is -0.513. The van der Waals surface area contributed by atoms with E-state index in [2.05, 4.69) is 10.6 Å². The molecule has 1 aromatic carbocycles. The van der Waals surface area contributed by atoms with Gasteiger partial charge in [0.05, 0.1) is 0 Å². The zero-order valence-corrected chi connectivity index (χ0v) is 10.0. The molecule has 1 saturated heterocycles. The first-order valence-corrected chi connectivity index (χ1v) is 5.56. The zero-order chi connectivity index (χ0) is 13.1. The van der Waals surface area contributed by atoms with E-state index in [-0.39, 0.29) is 13.1 Å². The number of imide groups is 1. The lowest BCUT2D eigenvalue weighted by Crippen LogP contribution is -2.54. The maximum absolute atomic E-state index is 11.8. The number of anilines is 1. The Morgan fingerprint density at radius 2 is 1.94 bits per heavy atom. The van der Waals surface area contributed by atoms with E-state index in [4.69, 9.17) is 11.6 Å². The van der Waals surface area contributed by atoms with E-state index in [1.54, 1.807) is 24.3 Å². The van der Waals surface area contributed by atoms with Gasteiger partial charge in [0.2, 0.25) is 11.8 Å². The van der Waals surface area contributed by atoms with Gasteiger partial charge in [0.1, 0.15) is 13.1 Å². The van der Waals surface area contributed by atoms with Crippen LogP contribution in [-0.2, 0) is 9.59 Å². The van der Waals surface area contributed by atoms with Gasteiger partial charge >= 0.3 is 6.03 Å². The first kappa shape index (κ1) is 12.4. The van der Waals surface area contributed by atoms with E-state index < -0.39 is 17.8 Å². The molecule has 0 saturated carbocycles. The second-order valence-electron chi connectivity index (χ2n) is 3.77. The van der Waals surface area contributed by atoms with Gasteiger partial charge in [-0.15, -0.1) is 0 Å². The second-order valence-corrected chi connectivity index (χ2v) is 4.20. The number of benzene rings is 1. The van der Waals surface area contributed by atoms with Gasteiger partial charge in [0.15, 0.2) is 0 Å². The summed E-state index contributed by atoms with van der Waals surface area (Å²) < 4.78 is 0. The van der Waals surface area contributed by atoms with Gasteiger partial charge in [-0.1, -0.05) is 17.7 Å². The molecule has 94 valence electrons. The standard InChI is InChI=1S/C11H10ClN3O3/c12-7-2-1-3-8(4-7)13-11(18)15-5-9(16)14-10(17)6-15/h1-4H,5-6H2,(H,13,18)(H,14,16,17). The van der Waals surface area contributed by atoms with Crippen LogP contribution in [0, 0.1) is 0 Å². The van der Waals surface area contributed by atoms with Crippen LogP contribution in [0.4, 0.5) is 10.5 Å². The fraction of sp³-hybridized carbons (Fsp3) is 0.182. The number of nitrogens with one attached hydrogen (secondary N) is 2. The van der Waals surface area contributed by atoms with Crippen molar-refractivity contribution in [3.8, 4) is 0 Å². The van der Waals surface area contributed by atoms with Crippen LogP contribution in [0.1, 0.15) is 0 Å². The molecule has 0 unspecified atom stereocenters. The molecule has 1 aliphatic rings. The Hall–Kier alpha value is -2.08. The van der Waals surface area contributed by atoms with Crippen molar-refractivity contribution in [2.75, 3.05) is 18.4 Å². The molecule has 2 N–H and O–H groups in total. The number of carbonyl (C=O) groups excluding carboxylic acids is 3. The smallest absolute Gasteiger partial charge is 0.308 e. The Bertz CT molecular complexity index is 502. The quantitative estimate of drug-likeness (QED) is 0.740. The van der Waals surface area contributed by atoms with Gasteiger partial charge in [-0.2, -0.15) is 0 Å². The van der Waals surface area contributed by atoms with E-state index in [0.717, 1.165) is 4.90 Å². The highest BCUT2D eigenvalue weighted by molar-refractivity contribution is 6.30. The highest BCUT2D eigenvalue weighted by Gasteiger charge is 2.26. The third-order valence-electron chi connectivity index (χ3n) is 2.31. The van der Waals surface area contributed by atoms with Crippen molar-refractivity contribution in [3.63, 3.8) is 0 Å². The van der Waals surface area contributed by atoms with Crippen molar-refractivity contribution < 1.29 is 14.4 Å². The molecule has 0 aliphatic carbocycles. The van der Waals surface area contributed by atoms with Gasteiger partial charge in [0, 0.05) is 10.7 Å². The van der Waals surface area contributed by atoms with Crippen LogP contribution in [0.5, 0.6) is 0 Å². The van der Waals surface area contributed by atoms with Gasteiger partial charge in [-0.25, -0.2) is 4.79 Å². The van der Waals surface area contributed by atoms with Crippen LogP contribution >= 0.6 is 11.6 Å². The molecule has 0 spiro atoms. The zero-order valence-electron chi connectivity index (χ0n) is 9.27. The average Bonchev–Trinajstić information content (AvgIpc) is 2.27. The van der Waals surface area contributed by atoms with Crippen LogP contribution in [0.3, 0.4) is 0 Å². The van der Waals surface area contributed by atoms with Gasteiger partial charge in [0.25, 0.3) is 0 Å². The van der Waals surface area contributed by atoms with Crippen LogP contribution in [0.2, 0.25) is 5.02 Å². The highest BCUT2D eigenvalue weighted by Crippen LogP contribution is 2.15. The lowest BCUT2D eigenvalue weighted by atomic mass is 10.3. The third kappa shape index (κ3) is 2.98. The lowest BCUT2D eigenvalue weighted by Gasteiger charge is -2.25. The summed E-state index contributed by atoms with van der Waals surface area (Å²) in [4.78, 5) is 35.2. The molecule has 0 bridgehead atoms. The Balaban J connectivity index is 2.03. The Kier molecular flexibility index (Phi) is 3.47. The molecule has 1 aliphatic heterocycles. The molecule has 0 aromatic heterocycles. The van der Waals surface area contributed by atoms with Gasteiger partial charge < -0.3 is 10.2 Å². The minimum absolute atomic E-state index is 0.141. The number of piperazine rings is 1. The van der Waals surface area contributed by atoms with Gasteiger partial charge in [-0.05, 0) is 18.2 Å². The second kappa shape index (κ2) is 5.05. The normalized spacial score (nSPS) is 15.3. The molecule has 0 atom stereocenters. The SMILES string of the molecule is O=C1CN(C(=O)Nc2cccc(Cl)c2)CC(=O)N1. The predicted octanol–water partition coefficient (Wildman–Crippen LogP) is 0.830. The Labute approximate surface area is 108 Å². The van der Waals surface area contributed by atoms with Crippen molar-refractivity contribution in [1.29, 1.82) is 0 Å². The number of hydrogen-bond acceptors (Lipinski definition) is 3. The molecule has 1 heterocycles. The monoisotopic (exact) mass is 267 g/mol. The fourth-order valence-electron chi connectivity index (χ4n) is 1.55. The van der Waals surface area contributed by atoms with Crippen molar-refractivity contribution in [3.05, 3.63) is 29.3 Å². The predicted molar refractivity (Wildman–Crippen MR) is 65.2 cm³/mol. The van der Waals surface area contributed by atoms with Crippen molar-refractivity contribution in [2.45, 2.75) is 0 Å². The van der Waals surface area contributed by atoms with Crippen LogP contribution in [-0.4, -0.2) is 35.8 Å². The average molecular weight is 268 g/mol. The number of halogens is 1. The maximum atomic E-state index is 11.8. The fourth-order valence-corrected chi connectivity index (χ4v) is 1.74. The van der Waals surface area contributed by atoms with Crippen molar-refractivity contribution >= 4 is 35.1 Å². The topological polar surface area (TPSA) is 78.5 Å². The highest BCUT2D eigenvalue weighted by atomic mass is 35.5. The summed E-state index contributed by atoms with van der Waals surface area (Å²) >= 11 is 5.78. The van der Waals surface area contributed by atoms with E-state index in [0.29, 0.717) is 10.7 Å². The summed E-state index contributed by atoms with van der Waals surface area (Å²) in [6, 6.07) is 6.09. The van der Waals surface area contributed by atoms with E-state index >= 15 is 0 Å². The Morgan fingerprint density at radius 1 is 1.28 bits per heavy atom. The largest absolute Gasteiger partial charge is 0.322 e. The van der Waals surface area contributed by atoms with Gasteiger partial charge in [-0.3, -0.25) is 14.9 Å². The van der Waals surface area contributed by atoms with Crippen LogP contribution in [0.25, 0.3) is 0 Å². The number of hydrogen-bond donors (Lipinski definition) is 2. The summed E-state index contributed by atoms with van der Waals surface area (Å²) in [5.74, 6) is -0.986. The molecule has 18 heavy (non-hydrogen) atoms. The summed E-state index contributed by atoms with van der Waals surface area (Å²) in [5.41, 5.74) is 0.505. The summed E-state index contributed by atoms with van der Waals surface area (Å²) in [7, 11) is 0. The molecule has 6 nitrogen and oxygen atoms in total. The number of amides is 4. The maximum Gasteiger partial charge on any atom is 0.322 e. The molecule has 7 heteroatoms. The first-order chi connectivity index (χ1) is 8.54. The van der Waals surface area contributed by atoms with Crippen LogP contribution in [0.15, 0.2) is 24.3 Å². The molecule has 2 rings (SSSR count). The third-order valence-corrected chi connectivity index (χ3v) is 2.55. The molecular weight excluding hydrogens is 258 g/mol. The summed E-state index contributed by atoms with van der Waals surface area (Å²) in [6.07, 6.45) is 0. The Morgan fingerprint density at radius 3 is 2.56 bits per heavy atom. The number of urea groups is 1. The molecule has 4 amide bonds. The van der Waals surface area contributed by atoms with Crippen LogP contribution < -0.4 is 10.6 Å². The summed E-state index contributed by atoms with van der Waals surface area (Å²) in [5, 5.41) is 5.17. The van der Waals surface area contributed by atoms with E-state index in [1.807, 2.05) is 0 Å². The van der Waals surface area contributed by atoms with E-state index in [9.17, 15) is 14.4 Å². The molecule has 1 fully saturated rings. The van der Waals surface area contributed by atoms with Crippen molar-refractivity contribution in [1.82, 2.24) is 10.2 Å². The minimum Gasteiger partial charge on any atom is -0.308 e. The summed E-state index contributed by atoms with van der Waals surface area (Å²) in [6.45, 7) is -0.281. The number of nitrogens with zero attached hydrogens (tertiary/aromatic N) is 1. The number of rotatable bonds is 1. The molecule has 1 aromatic rings. The first-order valence-electron chi connectivity index (χ1n) is 5.19. The van der Waals surface area contributed by atoms with E-state index in [1.165, 1.54) is 0 Å². The van der Waals surface area contributed by atoms with Crippen molar-refractivity contribution in [2.24, 2.45) is 0 Å². The lowest BCUT2D eigenvalue weighted by molar-refractivity contribution is -0.134. The molecular formula is C11H10ClN3O3.